The monoisotopic (exact) mass is 273 g/mol. The molecule has 0 radical (unpaired) electrons. The van der Waals surface area contributed by atoms with Crippen molar-refractivity contribution in [2.75, 3.05) is 0 Å². The highest BCUT2D eigenvalue weighted by Gasteiger charge is 2.46. The van der Waals surface area contributed by atoms with Gasteiger partial charge in [0.25, 0.3) is 0 Å². The molecule has 1 aromatic rings. The van der Waals surface area contributed by atoms with Gasteiger partial charge in [-0.1, -0.05) is 0 Å². The second-order valence-corrected chi connectivity index (χ2v) is 5.70. The molecule has 0 aromatic carbocycles. The lowest BCUT2D eigenvalue weighted by atomic mass is 9.99. The van der Waals surface area contributed by atoms with E-state index in [1.54, 1.807) is 24.2 Å². The van der Waals surface area contributed by atoms with Gasteiger partial charge in [0, 0.05) is 12.4 Å². The summed E-state index contributed by atoms with van der Waals surface area (Å²) < 4.78 is 0. The lowest BCUT2D eigenvalue weighted by Gasteiger charge is -2.41. The fourth-order valence-electron chi connectivity index (χ4n) is 2.89. The van der Waals surface area contributed by atoms with Crippen molar-refractivity contribution in [2.45, 2.75) is 44.8 Å². The van der Waals surface area contributed by atoms with Gasteiger partial charge in [0.1, 0.15) is 12.1 Å². The maximum atomic E-state index is 12.7. The molecule has 1 aliphatic carbocycles. The molecule has 106 valence electrons. The van der Waals surface area contributed by atoms with Crippen LogP contribution in [0.1, 0.15) is 38.3 Å². The lowest BCUT2D eigenvalue weighted by Crippen LogP contribution is -2.63. The van der Waals surface area contributed by atoms with Gasteiger partial charge >= 0.3 is 0 Å². The quantitative estimate of drug-likeness (QED) is 0.902. The van der Waals surface area contributed by atoms with E-state index in [0.717, 1.165) is 18.4 Å². The van der Waals surface area contributed by atoms with E-state index in [-0.39, 0.29) is 23.9 Å². The maximum Gasteiger partial charge on any atom is 0.246 e. The number of rotatable bonds is 3. The summed E-state index contributed by atoms with van der Waals surface area (Å²) in [5.41, 5.74) is 1.00. The Morgan fingerprint density at radius 2 is 1.95 bits per heavy atom. The van der Waals surface area contributed by atoms with E-state index in [4.69, 9.17) is 0 Å². The van der Waals surface area contributed by atoms with Gasteiger partial charge in [0.2, 0.25) is 11.8 Å². The number of pyridine rings is 1. The molecule has 5 nitrogen and oxygen atoms in total. The van der Waals surface area contributed by atoms with Gasteiger partial charge in [-0.05, 0) is 50.3 Å². The minimum Gasteiger partial charge on any atom is -0.342 e. The van der Waals surface area contributed by atoms with Crippen molar-refractivity contribution in [3.8, 4) is 0 Å². The Hall–Kier alpha value is -1.91. The second kappa shape index (κ2) is 4.89. The predicted octanol–water partition coefficient (Wildman–Crippen LogP) is 1.27. The number of carbonyl (C=O) groups excluding carboxylic acids is 2. The molecule has 1 aliphatic heterocycles. The van der Waals surface area contributed by atoms with E-state index in [9.17, 15) is 9.59 Å². The summed E-state index contributed by atoms with van der Waals surface area (Å²) in [5.74, 6) is 0.317. The molecule has 3 unspecified atom stereocenters. The number of aromatic nitrogens is 1. The molecule has 0 spiro atoms. The molecule has 3 rings (SSSR count). The van der Waals surface area contributed by atoms with Crippen LogP contribution in [0.4, 0.5) is 0 Å². The van der Waals surface area contributed by atoms with Gasteiger partial charge in [-0.3, -0.25) is 14.6 Å². The number of amides is 2. The average molecular weight is 273 g/mol. The summed E-state index contributed by atoms with van der Waals surface area (Å²) in [4.78, 5) is 30.5. The Bertz CT molecular complexity index is 527. The predicted molar refractivity (Wildman–Crippen MR) is 73.6 cm³/mol. The summed E-state index contributed by atoms with van der Waals surface area (Å²) >= 11 is 0. The smallest absolute Gasteiger partial charge is 0.246 e. The van der Waals surface area contributed by atoms with Crippen LogP contribution in [0.2, 0.25) is 0 Å². The van der Waals surface area contributed by atoms with Crippen molar-refractivity contribution in [2.24, 2.45) is 5.92 Å². The van der Waals surface area contributed by atoms with Gasteiger partial charge in [0.15, 0.2) is 0 Å². The highest BCUT2D eigenvalue weighted by atomic mass is 16.2. The van der Waals surface area contributed by atoms with Crippen molar-refractivity contribution in [3.63, 3.8) is 0 Å². The second-order valence-electron chi connectivity index (χ2n) is 5.70. The van der Waals surface area contributed by atoms with Crippen LogP contribution >= 0.6 is 0 Å². The molecule has 1 saturated heterocycles. The van der Waals surface area contributed by atoms with Crippen molar-refractivity contribution < 1.29 is 9.59 Å². The minimum absolute atomic E-state index is 0.0453. The lowest BCUT2D eigenvalue weighted by molar-refractivity contribution is -0.151. The van der Waals surface area contributed by atoms with E-state index >= 15 is 0 Å². The first kappa shape index (κ1) is 13.1. The van der Waals surface area contributed by atoms with Crippen LogP contribution in [0.25, 0.3) is 0 Å². The molecule has 20 heavy (non-hydrogen) atoms. The third-order valence-electron chi connectivity index (χ3n) is 4.31. The minimum atomic E-state index is -0.430. The molecule has 3 atom stereocenters. The molecule has 1 N–H and O–H groups in total. The van der Waals surface area contributed by atoms with E-state index in [2.05, 4.69) is 10.3 Å². The van der Waals surface area contributed by atoms with Crippen molar-refractivity contribution in [1.82, 2.24) is 15.2 Å². The normalized spacial score (nSPS) is 28.2. The molecule has 2 aliphatic rings. The molecule has 5 heteroatoms. The van der Waals surface area contributed by atoms with Crippen LogP contribution in [0.15, 0.2) is 24.5 Å². The number of nitrogens with one attached hydrogen (secondary N) is 1. The molecule has 2 heterocycles. The van der Waals surface area contributed by atoms with E-state index in [1.165, 1.54) is 0 Å². The molecule has 1 aromatic heterocycles. The van der Waals surface area contributed by atoms with Crippen molar-refractivity contribution in [3.05, 3.63) is 30.1 Å². The van der Waals surface area contributed by atoms with Crippen molar-refractivity contribution in [1.29, 1.82) is 0 Å². The number of hydrogen-bond donors (Lipinski definition) is 1. The highest BCUT2D eigenvalue weighted by molar-refractivity contribution is 5.97. The third-order valence-corrected chi connectivity index (χ3v) is 4.31. The summed E-state index contributed by atoms with van der Waals surface area (Å²) in [7, 11) is 0. The molecular weight excluding hydrogens is 254 g/mol. The van der Waals surface area contributed by atoms with E-state index < -0.39 is 6.04 Å². The molecule has 1 saturated carbocycles. The first-order valence-corrected chi connectivity index (χ1v) is 7.12. The van der Waals surface area contributed by atoms with Crippen LogP contribution in [0.5, 0.6) is 0 Å². The molecule has 2 fully saturated rings. The van der Waals surface area contributed by atoms with Crippen LogP contribution in [-0.4, -0.2) is 33.8 Å². The topological polar surface area (TPSA) is 62.3 Å². The average Bonchev–Trinajstić information content (AvgIpc) is 3.28. The van der Waals surface area contributed by atoms with E-state index in [0.29, 0.717) is 5.92 Å². The Labute approximate surface area is 118 Å². The van der Waals surface area contributed by atoms with Crippen molar-refractivity contribution >= 4 is 11.8 Å². The largest absolute Gasteiger partial charge is 0.342 e. The number of hydrogen-bond acceptors (Lipinski definition) is 3. The Kier molecular flexibility index (Phi) is 3.20. The number of piperazine rings is 1. The first-order chi connectivity index (χ1) is 9.59. The fourth-order valence-corrected chi connectivity index (χ4v) is 2.89. The van der Waals surface area contributed by atoms with Crippen LogP contribution in [-0.2, 0) is 9.59 Å². The van der Waals surface area contributed by atoms with Gasteiger partial charge < -0.3 is 10.2 Å². The Morgan fingerprint density at radius 3 is 2.55 bits per heavy atom. The van der Waals surface area contributed by atoms with Crippen LogP contribution in [0, 0.1) is 5.92 Å². The third kappa shape index (κ3) is 2.17. The van der Waals surface area contributed by atoms with Crippen LogP contribution < -0.4 is 5.32 Å². The number of nitrogens with zero attached hydrogens (tertiary/aromatic N) is 2. The Balaban J connectivity index is 1.88. The summed E-state index contributed by atoms with van der Waals surface area (Å²) in [6, 6.07) is 2.91. The molecule has 2 amide bonds. The summed E-state index contributed by atoms with van der Waals surface area (Å²) in [5, 5.41) is 2.87. The summed E-state index contributed by atoms with van der Waals surface area (Å²) in [6.07, 6.45) is 5.48. The van der Waals surface area contributed by atoms with Gasteiger partial charge in [-0.2, -0.15) is 0 Å². The SMILES string of the molecule is CC1C(=O)NC(C2CC2)C(=O)N1C(C)c1ccncc1. The van der Waals surface area contributed by atoms with Gasteiger partial charge in [0.05, 0.1) is 6.04 Å². The molecule has 0 bridgehead atoms. The molecular formula is C15H19N3O2. The zero-order chi connectivity index (χ0) is 14.3. The fraction of sp³-hybridized carbons (Fsp3) is 0.533. The summed E-state index contributed by atoms with van der Waals surface area (Å²) in [6.45, 7) is 3.75. The van der Waals surface area contributed by atoms with E-state index in [1.807, 2.05) is 19.1 Å². The Morgan fingerprint density at radius 1 is 1.30 bits per heavy atom. The highest BCUT2D eigenvalue weighted by Crippen LogP contribution is 2.36. The standard InChI is InChI=1S/C15H19N3O2/c1-9(11-5-7-16-8-6-11)18-10(2)14(19)17-13(15(18)20)12-3-4-12/h5-10,12-13H,3-4H2,1-2H3,(H,17,19). The van der Waals surface area contributed by atoms with Gasteiger partial charge in [-0.15, -0.1) is 0 Å². The first-order valence-electron chi connectivity index (χ1n) is 7.12. The van der Waals surface area contributed by atoms with Gasteiger partial charge in [-0.25, -0.2) is 0 Å². The maximum absolute atomic E-state index is 12.7. The zero-order valence-electron chi connectivity index (χ0n) is 11.7. The van der Waals surface area contributed by atoms with Crippen LogP contribution in [0.3, 0.4) is 0 Å². The zero-order valence-corrected chi connectivity index (χ0v) is 11.7. The number of carbonyl (C=O) groups is 2.